The summed E-state index contributed by atoms with van der Waals surface area (Å²) in [7, 11) is 0. The fourth-order valence-electron chi connectivity index (χ4n) is 4.95. The van der Waals surface area contributed by atoms with Gasteiger partial charge >= 0.3 is 0 Å². The maximum Gasteiger partial charge on any atom is 0.119 e. The van der Waals surface area contributed by atoms with Crippen LogP contribution < -0.4 is 0 Å². The Morgan fingerprint density at radius 3 is 1.26 bits per heavy atom. The molecule has 0 unspecified atom stereocenters. The zero-order chi connectivity index (χ0) is 24.6. The Bertz CT molecular complexity index is 743. The molecular formula is C32H50O2. The molecule has 2 nitrogen and oxygen atoms in total. The third-order valence-corrected chi connectivity index (χ3v) is 7.25. The Balaban J connectivity index is 1.92. The molecule has 0 bridgehead atoms. The van der Waals surface area contributed by atoms with E-state index in [4.69, 9.17) is 0 Å². The number of rotatable bonds is 18. The number of phenols is 2. The molecule has 0 amide bonds. The van der Waals surface area contributed by atoms with E-state index in [0.29, 0.717) is 11.5 Å². The molecule has 34 heavy (non-hydrogen) atoms. The van der Waals surface area contributed by atoms with E-state index in [1.807, 2.05) is 12.1 Å². The number of phenolic OH excluding ortho intramolecular Hbond substituents is 2. The van der Waals surface area contributed by atoms with Crippen molar-refractivity contribution in [3.63, 3.8) is 0 Å². The highest BCUT2D eigenvalue weighted by Gasteiger charge is 2.17. The molecule has 2 N–H and O–H groups in total. The van der Waals surface area contributed by atoms with Crippen molar-refractivity contribution in [1.29, 1.82) is 0 Å². The van der Waals surface area contributed by atoms with Gasteiger partial charge in [0.1, 0.15) is 11.5 Å². The molecule has 190 valence electrons. The summed E-state index contributed by atoms with van der Waals surface area (Å²) < 4.78 is 0. The highest BCUT2D eigenvalue weighted by Crippen LogP contribution is 2.37. The van der Waals surface area contributed by atoms with Gasteiger partial charge in [-0.2, -0.15) is 0 Å². The van der Waals surface area contributed by atoms with Gasteiger partial charge in [0, 0.05) is 17.0 Å². The molecule has 0 aliphatic heterocycles. The van der Waals surface area contributed by atoms with Crippen molar-refractivity contribution in [3.05, 3.63) is 58.7 Å². The normalized spacial score (nSPS) is 11.4. The first kappa shape index (κ1) is 28.3. The second-order valence-corrected chi connectivity index (χ2v) is 10.3. The van der Waals surface area contributed by atoms with Crippen LogP contribution in [0.4, 0.5) is 0 Å². The van der Waals surface area contributed by atoms with Gasteiger partial charge < -0.3 is 10.2 Å². The van der Waals surface area contributed by atoms with Crippen molar-refractivity contribution >= 4 is 0 Å². The summed E-state index contributed by atoms with van der Waals surface area (Å²) in [6.07, 6.45) is 20.4. The number of unbranched alkanes of at least 4 members (excludes halogenated alkanes) is 12. The second kappa shape index (κ2) is 16.6. The van der Waals surface area contributed by atoms with Crippen LogP contribution in [0.25, 0.3) is 0 Å². The van der Waals surface area contributed by atoms with E-state index >= 15 is 0 Å². The summed E-state index contributed by atoms with van der Waals surface area (Å²) in [5.74, 6) is 0.614. The van der Waals surface area contributed by atoms with E-state index in [9.17, 15) is 10.2 Å². The van der Waals surface area contributed by atoms with Gasteiger partial charge in [-0.15, -0.1) is 0 Å². The molecule has 2 aromatic rings. The molecule has 0 radical (unpaired) electrons. The van der Waals surface area contributed by atoms with E-state index in [2.05, 4.69) is 45.0 Å². The van der Waals surface area contributed by atoms with Crippen LogP contribution in [0.3, 0.4) is 0 Å². The van der Waals surface area contributed by atoms with Gasteiger partial charge in [0.25, 0.3) is 0 Å². The van der Waals surface area contributed by atoms with Crippen LogP contribution in [-0.4, -0.2) is 10.2 Å². The SMILES string of the molecule is CCCCCCCCCc1ccc(O)c(C(C)c2cc(CCCCCCCCC)ccc2O)c1. The minimum absolute atomic E-state index is 0.0389. The molecule has 0 aliphatic rings. The highest BCUT2D eigenvalue weighted by molar-refractivity contribution is 5.48. The zero-order valence-corrected chi connectivity index (χ0v) is 22.2. The van der Waals surface area contributed by atoms with Crippen LogP contribution in [0, 0.1) is 0 Å². The summed E-state index contributed by atoms with van der Waals surface area (Å²) in [4.78, 5) is 0. The van der Waals surface area contributed by atoms with Crippen molar-refractivity contribution < 1.29 is 10.2 Å². The lowest BCUT2D eigenvalue weighted by Gasteiger charge is -2.18. The molecule has 2 rings (SSSR count). The number of benzene rings is 2. The van der Waals surface area contributed by atoms with Crippen LogP contribution in [0.1, 0.15) is 139 Å². The molecule has 0 spiro atoms. The minimum atomic E-state index is -0.0389. The van der Waals surface area contributed by atoms with Crippen LogP contribution in [-0.2, 0) is 12.8 Å². The molecule has 0 fully saturated rings. The summed E-state index contributed by atoms with van der Waals surface area (Å²) in [5.41, 5.74) is 4.41. The monoisotopic (exact) mass is 466 g/mol. The number of aromatic hydroxyl groups is 2. The van der Waals surface area contributed by atoms with Crippen LogP contribution in [0.5, 0.6) is 11.5 Å². The Hall–Kier alpha value is -1.96. The van der Waals surface area contributed by atoms with Gasteiger partial charge in [0.2, 0.25) is 0 Å². The van der Waals surface area contributed by atoms with Gasteiger partial charge in [-0.05, 0) is 48.9 Å². The van der Waals surface area contributed by atoms with Crippen molar-refractivity contribution in [2.24, 2.45) is 0 Å². The topological polar surface area (TPSA) is 40.5 Å². The third kappa shape index (κ3) is 10.1. The van der Waals surface area contributed by atoms with E-state index in [1.54, 1.807) is 0 Å². The van der Waals surface area contributed by atoms with Crippen molar-refractivity contribution in [2.75, 3.05) is 0 Å². The molecule has 0 heterocycles. The average molecular weight is 467 g/mol. The lowest BCUT2D eigenvalue weighted by molar-refractivity contribution is 0.456. The molecule has 0 atom stereocenters. The number of aryl methyl sites for hydroxylation is 2. The summed E-state index contributed by atoms with van der Waals surface area (Å²) in [6, 6.07) is 12.1. The van der Waals surface area contributed by atoms with Gasteiger partial charge in [-0.1, -0.05) is 122 Å². The predicted octanol–water partition coefficient (Wildman–Crippen LogP) is 9.84. The lowest BCUT2D eigenvalue weighted by Crippen LogP contribution is -2.00. The largest absolute Gasteiger partial charge is 0.508 e. The molecular weight excluding hydrogens is 416 g/mol. The smallest absolute Gasteiger partial charge is 0.119 e. The maximum absolute atomic E-state index is 10.6. The molecule has 0 aliphatic carbocycles. The van der Waals surface area contributed by atoms with Crippen LogP contribution in [0.2, 0.25) is 0 Å². The fraction of sp³-hybridized carbons (Fsp3) is 0.625. The molecule has 0 saturated heterocycles. The summed E-state index contributed by atoms with van der Waals surface area (Å²) >= 11 is 0. The Morgan fingerprint density at radius 1 is 0.529 bits per heavy atom. The van der Waals surface area contributed by atoms with Crippen LogP contribution >= 0.6 is 0 Å². The maximum atomic E-state index is 10.6. The van der Waals surface area contributed by atoms with E-state index in [-0.39, 0.29) is 5.92 Å². The first-order valence-corrected chi connectivity index (χ1v) is 14.2. The minimum Gasteiger partial charge on any atom is -0.508 e. The molecule has 2 heteroatoms. The Labute approximate surface area is 209 Å². The summed E-state index contributed by atoms with van der Waals surface area (Å²) in [5, 5.41) is 21.2. The van der Waals surface area contributed by atoms with Gasteiger partial charge in [-0.3, -0.25) is 0 Å². The van der Waals surface area contributed by atoms with E-state index < -0.39 is 0 Å². The van der Waals surface area contributed by atoms with Crippen molar-refractivity contribution in [3.8, 4) is 11.5 Å². The quantitative estimate of drug-likeness (QED) is 0.215. The van der Waals surface area contributed by atoms with E-state index in [1.165, 1.54) is 101 Å². The highest BCUT2D eigenvalue weighted by atomic mass is 16.3. The third-order valence-electron chi connectivity index (χ3n) is 7.25. The van der Waals surface area contributed by atoms with Crippen molar-refractivity contribution in [2.45, 2.75) is 129 Å². The standard InChI is InChI=1S/C32H50O2/c1-4-6-8-10-12-14-16-18-27-20-22-31(33)29(24-27)26(3)30-25-28(21-23-32(30)34)19-17-15-13-11-9-7-5-2/h20-26,33-34H,4-19H2,1-3H3. The number of hydrogen-bond acceptors (Lipinski definition) is 2. The lowest BCUT2D eigenvalue weighted by atomic mass is 9.88. The van der Waals surface area contributed by atoms with Gasteiger partial charge in [0.15, 0.2) is 0 Å². The fourth-order valence-corrected chi connectivity index (χ4v) is 4.95. The van der Waals surface area contributed by atoms with E-state index in [0.717, 1.165) is 24.0 Å². The molecule has 0 saturated carbocycles. The van der Waals surface area contributed by atoms with Crippen LogP contribution in [0.15, 0.2) is 36.4 Å². The average Bonchev–Trinajstić information content (AvgIpc) is 2.84. The molecule has 2 aromatic carbocycles. The Morgan fingerprint density at radius 2 is 0.882 bits per heavy atom. The summed E-state index contributed by atoms with van der Waals surface area (Å²) in [6.45, 7) is 6.62. The Kier molecular flexibility index (Phi) is 13.8. The first-order chi connectivity index (χ1) is 16.6. The predicted molar refractivity (Wildman–Crippen MR) is 147 cm³/mol. The first-order valence-electron chi connectivity index (χ1n) is 14.2. The van der Waals surface area contributed by atoms with Gasteiger partial charge in [0.05, 0.1) is 0 Å². The van der Waals surface area contributed by atoms with Gasteiger partial charge in [-0.25, -0.2) is 0 Å². The second-order valence-electron chi connectivity index (χ2n) is 10.3. The van der Waals surface area contributed by atoms with Crippen molar-refractivity contribution in [1.82, 2.24) is 0 Å². The number of hydrogen-bond donors (Lipinski definition) is 2. The molecule has 0 aromatic heterocycles. The zero-order valence-electron chi connectivity index (χ0n) is 22.2.